The molecule has 0 saturated heterocycles. The van der Waals surface area contributed by atoms with Crippen LogP contribution >= 0.6 is 11.3 Å². The third-order valence-corrected chi connectivity index (χ3v) is 5.58. The number of nitrogens with zero attached hydrogens (tertiary/aromatic N) is 1. The number of carbonyl (C=O) groups excluding carboxylic acids is 1. The summed E-state index contributed by atoms with van der Waals surface area (Å²) in [6, 6.07) is 0.188. The minimum absolute atomic E-state index is 0.0860. The Bertz CT molecular complexity index is 476. The highest BCUT2D eigenvalue weighted by atomic mass is 32.1. The number of carbonyl (C=O) groups is 1. The molecule has 1 fully saturated rings. The molecule has 1 aromatic rings. The molecule has 0 unspecified atom stereocenters. The Kier molecular flexibility index (Phi) is 4.49. The number of thiazole rings is 1. The van der Waals surface area contributed by atoms with Crippen molar-refractivity contribution in [2.75, 3.05) is 0 Å². The first kappa shape index (κ1) is 15.4. The number of aryl methyl sites for hydroxylation is 2. The van der Waals surface area contributed by atoms with E-state index < -0.39 is 5.54 Å². The summed E-state index contributed by atoms with van der Waals surface area (Å²) >= 11 is 1.66. The zero-order chi connectivity index (χ0) is 14.9. The summed E-state index contributed by atoms with van der Waals surface area (Å²) in [5, 5.41) is 4.08. The highest BCUT2D eigenvalue weighted by molar-refractivity contribution is 7.11. The SMILES string of the molecule is Cc1nc(C(C)(C)NC(=O)C[C@@H]2CCC[C@H]2N)sc1C. The fourth-order valence-corrected chi connectivity index (χ4v) is 3.72. The summed E-state index contributed by atoms with van der Waals surface area (Å²) in [6.07, 6.45) is 3.80. The van der Waals surface area contributed by atoms with Crippen LogP contribution in [0.5, 0.6) is 0 Å². The molecular weight excluding hydrogens is 270 g/mol. The van der Waals surface area contributed by atoms with Crippen molar-refractivity contribution >= 4 is 17.2 Å². The average Bonchev–Trinajstić information content (AvgIpc) is 2.87. The lowest BCUT2D eigenvalue weighted by Crippen LogP contribution is -2.42. The van der Waals surface area contributed by atoms with Crippen molar-refractivity contribution in [1.82, 2.24) is 10.3 Å². The van der Waals surface area contributed by atoms with Gasteiger partial charge < -0.3 is 11.1 Å². The Morgan fingerprint density at radius 1 is 1.45 bits per heavy atom. The highest BCUT2D eigenvalue weighted by Gasteiger charge is 2.30. The molecule has 0 aliphatic heterocycles. The number of nitrogens with two attached hydrogens (primary N) is 1. The molecule has 1 aliphatic carbocycles. The molecule has 3 N–H and O–H groups in total. The van der Waals surface area contributed by atoms with Crippen LogP contribution in [0.25, 0.3) is 0 Å². The van der Waals surface area contributed by atoms with Gasteiger partial charge in [0.25, 0.3) is 0 Å². The second-order valence-electron chi connectivity index (χ2n) is 6.39. The van der Waals surface area contributed by atoms with Crippen molar-refractivity contribution in [3.05, 3.63) is 15.6 Å². The summed E-state index contributed by atoms with van der Waals surface area (Å²) < 4.78 is 0. The lowest BCUT2D eigenvalue weighted by molar-refractivity contribution is -0.123. The number of rotatable bonds is 4. The largest absolute Gasteiger partial charge is 0.345 e. The van der Waals surface area contributed by atoms with Gasteiger partial charge in [0.2, 0.25) is 5.91 Å². The summed E-state index contributed by atoms with van der Waals surface area (Å²) in [4.78, 5) is 18.0. The molecule has 5 heteroatoms. The minimum atomic E-state index is -0.413. The van der Waals surface area contributed by atoms with Crippen LogP contribution in [-0.4, -0.2) is 16.9 Å². The van der Waals surface area contributed by atoms with E-state index in [0.29, 0.717) is 12.3 Å². The lowest BCUT2D eigenvalue weighted by atomic mass is 9.98. The molecule has 4 nitrogen and oxygen atoms in total. The monoisotopic (exact) mass is 295 g/mol. The molecule has 1 aliphatic rings. The van der Waals surface area contributed by atoms with E-state index in [1.807, 2.05) is 20.8 Å². The Hall–Kier alpha value is -0.940. The zero-order valence-corrected chi connectivity index (χ0v) is 13.6. The Morgan fingerprint density at radius 2 is 2.15 bits per heavy atom. The van der Waals surface area contributed by atoms with Crippen molar-refractivity contribution in [3.63, 3.8) is 0 Å². The first-order valence-corrected chi connectivity index (χ1v) is 8.12. The van der Waals surface area contributed by atoms with Crippen molar-refractivity contribution in [1.29, 1.82) is 0 Å². The van der Waals surface area contributed by atoms with E-state index in [4.69, 9.17) is 5.73 Å². The molecule has 0 bridgehead atoms. The van der Waals surface area contributed by atoms with E-state index >= 15 is 0 Å². The normalized spacial score (nSPS) is 23.1. The number of hydrogen-bond acceptors (Lipinski definition) is 4. The third-order valence-electron chi connectivity index (χ3n) is 4.18. The van der Waals surface area contributed by atoms with Gasteiger partial charge in [-0.05, 0) is 46.5 Å². The van der Waals surface area contributed by atoms with Gasteiger partial charge in [-0.2, -0.15) is 0 Å². The molecule has 1 heterocycles. The average molecular weight is 295 g/mol. The molecule has 112 valence electrons. The van der Waals surface area contributed by atoms with Crippen LogP contribution in [0.2, 0.25) is 0 Å². The van der Waals surface area contributed by atoms with Crippen LogP contribution < -0.4 is 11.1 Å². The van der Waals surface area contributed by atoms with E-state index in [1.165, 1.54) is 4.88 Å². The molecule has 0 aromatic carbocycles. The van der Waals surface area contributed by atoms with E-state index in [-0.39, 0.29) is 11.9 Å². The standard InChI is InChI=1S/C15H25N3OS/c1-9-10(2)20-14(17-9)15(3,4)18-13(19)8-11-6-5-7-12(11)16/h11-12H,5-8,16H2,1-4H3,(H,18,19)/t11-,12+/m0/s1. The van der Waals surface area contributed by atoms with Gasteiger partial charge in [0.1, 0.15) is 5.01 Å². The number of nitrogens with one attached hydrogen (secondary N) is 1. The van der Waals surface area contributed by atoms with Crippen LogP contribution in [0.15, 0.2) is 0 Å². The maximum atomic E-state index is 12.2. The first-order valence-electron chi connectivity index (χ1n) is 7.30. The fraction of sp³-hybridized carbons (Fsp3) is 0.733. The van der Waals surface area contributed by atoms with Crippen molar-refractivity contribution in [2.24, 2.45) is 11.7 Å². The van der Waals surface area contributed by atoms with Crippen molar-refractivity contribution in [3.8, 4) is 0 Å². The maximum Gasteiger partial charge on any atom is 0.221 e. The highest BCUT2D eigenvalue weighted by Crippen LogP contribution is 2.29. The topological polar surface area (TPSA) is 68.0 Å². The molecule has 2 atom stereocenters. The first-order chi connectivity index (χ1) is 9.29. The Balaban J connectivity index is 1.98. The van der Waals surface area contributed by atoms with Gasteiger partial charge in [0.05, 0.1) is 11.2 Å². The van der Waals surface area contributed by atoms with Gasteiger partial charge in [-0.1, -0.05) is 6.42 Å². The molecule has 0 radical (unpaired) electrons. The predicted molar refractivity (Wildman–Crippen MR) is 82.7 cm³/mol. The number of aromatic nitrogens is 1. The van der Waals surface area contributed by atoms with E-state index in [0.717, 1.165) is 30.0 Å². The van der Waals surface area contributed by atoms with Crippen LogP contribution in [0, 0.1) is 19.8 Å². The predicted octanol–water partition coefficient (Wildman–Crippen LogP) is 2.63. The van der Waals surface area contributed by atoms with E-state index in [2.05, 4.69) is 17.2 Å². The molecule has 1 amide bonds. The van der Waals surface area contributed by atoms with E-state index in [9.17, 15) is 4.79 Å². The molecule has 20 heavy (non-hydrogen) atoms. The van der Waals surface area contributed by atoms with Gasteiger partial charge in [0, 0.05) is 17.3 Å². The summed E-state index contributed by atoms with van der Waals surface area (Å²) in [7, 11) is 0. The van der Waals surface area contributed by atoms with E-state index in [1.54, 1.807) is 11.3 Å². The van der Waals surface area contributed by atoms with Crippen LogP contribution in [0.4, 0.5) is 0 Å². The van der Waals surface area contributed by atoms with Gasteiger partial charge in [-0.3, -0.25) is 4.79 Å². The Morgan fingerprint density at radius 3 is 2.65 bits per heavy atom. The van der Waals surface area contributed by atoms with Crippen molar-refractivity contribution in [2.45, 2.75) is 65.0 Å². The van der Waals surface area contributed by atoms with Crippen molar-refractivity contribution < 1.29 is 4.79 Å². The van der Waals surface area contributed by atoms with Gasteiger partial charge in [0.15, 0.2) is 0 Å². The molecular formula is C15H25N3OS. The second kappa shape index (κ2) is 5.82. The number of amides is 1. The quantitative estimate of drug-likeness (QED) is 0.897. The van der Waals surface area contributed by atoms with Crippen LogP contribution in [-0.2, 0) is 10.3 Å². The molecule has 1 saturated carbocycles. The van der Waals surface area contributed by atoms with Crippen LogP contribution in [0.1, 0.15) is 55.1 Å². The number of hydrogen-bond donors (Lipinski definition) is 2. The van der Waals surface area contributed by atoms with Crippen LogP contribution in [0.3, 0.4) is 0 Å². The van der Waals surface area contributed by atoms with Gasteiger partial charge in [-0.25, -0.2) is 4.98 Å². The molecule has 0 spiro atoms. The zero-order valence-electron chi connectivity index (χ0n) is 12.8. The van der Waals surface area contributed by atoms with Gasteiger partial charge in [-0.15, -0.1) is 11.3 Å². The second-order valence-corrected chi connectivity index (χ2v) is 7.60. The Labute approximate surface area is 125 Å². The smallest absolute Gasteiger partial charge is 0.221 e. The summed E-state index contributed by atoms with van der Waals surface area (Å²) in [5.41, 5.74) is 6.67. The fourth-order valence-electron chi connectivity index (χ4n) is 2.75. The summed E-state index contributed by atoms with van der Waals surface area (Å²) in [5.74, 6) is 0.424. The molecule has 1 aromatic heterocycles. The molecule has 2 rings (SSSR count). The minimum Gasteiger partial charge on any atom is -0.345 e. The van der Waals surface area contributed by atoms with Gasteiger partial charge >= 0.3 is 0 Å². The summed E-state index contributed by atoms with van der Waals surface area (Å²) in [6.45, 7) is 8.09. The maximum absolute atomic E-state index is 12.2. The third kappa shape index (κ3) is 3.38. The lowest BCUT2D eigenvalue weighted by Gasteiger charge is -2.25.